The third-order valence-electron chi connectivity index (χ3n) is 7.41. The minimum absolute atomic E-state index is 0.00165. The van der Waals surface area contributed by atoms with Crippen molar-refractivity contribution >= 4 is 45.2 Å². The maximum atomic E-state index is 13.1. The SMILES string of the molecule is C[C@@H](CC(=O)[C@H]1CS(=O)(=O)CN1)[C@H]1C(=O)N2C(C(=O)O)=C(S[C@@H]3CN[C@H](C(=O)N(C)C)C3)[C@H](C)[C@H]12. The number of carboxylic acids is 1. The van der Waals surface area contributed by atoms with Crippen LogP contribution in [0.4, 0.5) is 0 Å². The van der Waals surface area contributed by atoms with E-state index in [4.69, 9.17) is 0 Å². The van der Waals surface area contributed by atoms with Crippen LogP contribution >= 0.6 is 11.8 Å². The van der Waals surface area contributed by atoms with E-state index in [0.717, 1.165) is 0 Å². The molecular formula is C22H32N4O7S2. The molecular weight excluding hydrogens is 496 g/mol. The lowest BCUT2D eigenvalue weighted by atomic mass is 9.73. The zero-order valence-electron chi connectivity index (χ0n) is 20.2. The molecule has 0 saturated carbocycles. The molecule has 0 bridgehead atoms. The van der Waals surface area contributed by atoms with Crippen LogP contribution in [0.25, 0.3) is 0 Å². The summed E-state index contributed by atoms with van der Waals surface area (Å²) in [5, 5.41) is 15.9. The van der Waals surface area contributed by atoms with Crippen molar-refractivity contribution in [2.75, 3.05) is 32.3 Å². The summed E-state index contributed by atoms with van der Waals surface area (Å²) >= 11 is 1.42. The fourth-order valence-electron chi connectivity index (χ4n) is 5.63. The fourth-order valence-corrected chi connectivity index (χ4v) is 8.50. The minimum Gasteiger partial charge on any atom is -0.477 e. The number of rotatable bonds is 8. The highest BCUT2D eigenvalue weighted by Crippen LogP contribution is 2.53. The molecule has 7 atom stereocenters. The van der Waals surface area contributed by atoms with Crippen molar-refractivity contribution in [2.24, 2.45) is 17.8 Å². The Kier molecular flexibility index (Phi) is 7.08. The number of fused-ring (bicyclic) bond motifs is 1. The third kappa shape index (κ3) is 4.75. The zero-order valence-corrected chi connectivity index (χ0v) is 21.8. The van der Waals surface area contributed by atoms with E-state index in [-0.39, 0.29) is 70.5 Å². The first-order valence-corrected chi connectivity index (χ1v) is 14.4. The van der Waals surface area contributed by atoms with E-state index in [9.17, 15) is 32.7 Å². The average molecular weight is 529 g/mol. The van der Waals surface area contributed by atoms with E-state index in [0.29, 0.717) is 17.9 Å². The quantitative estimate of drug-likeness (QED) is 0.343. The van der Waals surface area contributed by atoms with Gasteiger partial charge in [-0.1, -0.05) is 13.8 Å². The molecule has 0 aromatic heterocycles. The molecule has 4 heterocycles. The maximum Gasteiger partial charge on any atom is 0.353 e. The molecule has 3 fully saturated rings. The Bertz CT molecular complexity index is 1090. The largest absolute Gasteiger partial charge is 0.477 e. The van der Waals surface area contributed by atoms with Crippen LogP contribution < -0.4 is 10.6 Å². The molecule has 4 aliphatic rings. The van der Waals surface area contributed by atoms with Gasteiger partial charge in [0.15, 0.2) is 15.6 Å². The summed E-state index contributed by atoms with van der Waals surface area (Å²) in [6.07, 6.45) is 0.613. The van der Waals surface area contributed by atoms with Gasteiger partial charge >= 0.3 is 5.97 Å². The summed E-state index contributed by atoms with van der Waals surface area (Å²) in [6.45, 7) is 4.25. The van der Waals surface area contributed by atoms with Gasteiger partial charge in [0.25, 0.3) is 0 Å². The zero-order chi connectivity index (χ0) is 25.8. The van der Waals surface area contributed by atoms with Gasteiger partial charge in [0, 0.05) is 43.1 Å². The number of hydrogen-bond acceptors (Lipinski definition) is 9. The molecule has 0 spiro atoms. The topological polar surface area (TPSA) is 153 Å². The van der Waals surface area contributed by atoms with E-state index in [1.165, 1.54) is 21.6 Å². The first kappa shape index (κ1) is 26.1. The van der Waals surface area contributed by atoms with Crippen LogP contribution in [-0.4, -0.2) is 103 Å². The Balaban J connectivity index is 1.45. The number of β-lactam (4-membered cyclic amide) rings is 1. The minimum atomic E-state index is -3.28. The van der Waals surface area contributed by atoms with Crippen molar-refractivity contribution < 1.29 is 32.7 Å². The number of hydrogen-bond donors (Lipinski definition) is 3. The number of nitrogens with zero attached hydrogens (tertiary/aromatic N) is 2. The van der Waals surface area contributed by atoms with Gasteiger partial charge in [-0.2, -0.15) is 0 Å². The van der Waals surface area contributed by atoms with Gasteiger partial charge in [0.2, 0.25) is 11.8 Å². The highest BCUT2D eigenvalue weighted by Gasteiger charge is 2.60. The number of likely N-dealkylation sites (N-methyl/N-ethyl adjacent to an activating group) is 1. The van der Waals surface area contributed by atoms with E-state index in [1.54, 1.807) is 21.0 Å². The van der Waals surface area contributed by atoms with Crippen molar-refractivity contribution in [3.05, 3.63) is 10.6 Å². The summed E-state index contributed by atoms with van der Waals surface area (Å²) in [6, 6.07) is -1.44. The first-order valence-electron chi connectivity index (χ1n) is 11.7. The number of carbonyl (C=O) groups excluding carboxylic acids is 3. The number of carboxylic acid groups (broad SMARTS) is 1. The van der Waals surface area contributed by atoms with Gasteiger partial charge in [-0.05, 0) is 12.3 Å². The van der Waals surface area contributed by atoms with Crippen LogP contribution in [0, 0.1) is 17.8 Å². The van der Waals surface area contributed by atoms with Crippen LogP contribution in [0.2, 0.25) is 0 Å². The Morgan fingerprint density at radius 2 is 1.91 bits per heavy atom. The second kappa shape index (κ2) is 9.49. The standard InChI is InChI=1S/C22H32N4O7S2/c1-10(5-15(27)14-8-35(32,33)9-24-14)16-17-11(2)19(18(22(30)31)26(17)21(16)29)34-12-6-13(23-7-12)20(28)25(3)4/h10-14,16-17,23-24H,5-9H2,1-4H3,(H,30,31)/t10-,11+,12-,13-,14+,16+,17+/m0/s1. The molecule has 4 aliphatic heterocycles. The highest BCUT2D eigenvalue weighted by molar-refractivity contribution is 8.03. The predicted molar refractivity (Wildman–Crippen MR) is 129 cm³/mol. The Labute approximate surface area is 208 Å². The van der Waals surface area contributed by atoms with Gasteiger partial charge in [-0.15, -0.1) is 11.8 Å². The Hall–Kier alpha value is -1.96. The van der Waals surface area contributed by atoms with Crippen molar-refractivity contribution in [1.29, 1.82) is 0 Å². The van der Waals surface area contributed by atoms with Crippen LogP contribution in [0.15, 0.2) is 10.6 Å². The lowest BCUT2D eigenvalue weighted by molar-refractivity contribution is -0.160. The second-order valence-corrected chi connectivity index (χ2v) is 13.6. The van der Waals surface area contributed by atoms with Gasteiger partial charge in [-0.3, -0.25) is 19.7 Å². The van der Waals surface area contributed by atoms with Crippen LogP contribution in [0.5, 0.6) is 0 Å². The number of sulfone groups is 1. The first-order chi connectivity index (χ1) is 16.3. The molecule has 3 N–H and O–H groups in total. The fraction of sp³-hybridized carbons (Fsp3) is 0.727. The number of ketones is 1. The van der Waals surface area contributed by atoms with Crippen LogP contribution in [0.3, 0.4) is 0 Å². The summed E-state index contributed by atoms with van der Waals surface area (Å²) in [5.74, 6) is -3.29. The molecule has 2 amide bonds. The molecule has 0 aromatic rings. The highest BCUT2D eigenvalue weighted by atomic mass is 32.2. The molecule has 0 radical (unpaired) electrons. The summed E-state index contributed by atoms with van der Waals surface area (Å²) in [5.41, 5.74) is -0.00165. The number of amides is 2. The monoisotopic (exact) mass is 528 g/mol. The average Bonchev–Trinajstić information content (AvgIpc) is 3.44. The van der Waals surface area contributed by atoms with E-state index >= 15 is 0 Å². The number of thioether (sulfide) groups is 1. The smallest absolute Gasteiger partial charge is 0.353 e. The Morgan fingerprint density at radius 1 is 1.23 bits per heavy atom. The third-order valence-corrected chi connectivity index (χ3v) is 10.4. The Morgan fingerprint density at radius 3 is 2.49 bits per heavy atom. The van der Waals surface area contributed by atoms with Crippen molar-refractivity contribution in [3.8, 4) is 0 Å². The molecule has 194 valence electrons. The van der Waals surface area contributed by atoms with Crippen LogP contribution in [-0.2, 0) is 29.0 Å². The normalized spacial score (nSPS) is 34.5. The molecule has 35 heavy (non-hydrogen) atoms. The molecule has 11 nitrogen and oxygen atoms in total. The second-order valence-electron chi connectivity index (χ2n) is 10.2. The summed E-state index contributed by atoms with van der Waals surface area (Å²) < 4.78 is 23.4. The molecule has 4 rings (SSSR count). The molecule has 3 saturated heterocycles. The van der Waals surface area contributed by atoms with Crippen molar-refractivity contribution in [3.63, 3.8) is 0 Å². The number of nitrogens with one attached hydrogen (secondary N) is 2. The molecule has 0 aromatic carbocycles. The van der Waals surface area contributed by atoms with Gasteiger partial charge < -0.3 is 20.2 Å². The predicted octanol–water partition coefficient (Wildman–Crippen LogP) is -0.749. The lowest BCUT2D eigenvalue weighted by Gasteiger charge is -2.47. The number of carbonyl (C=O) groups is 4. The van der Waals surface area contributed by atoms with Crippen molar-refractivity contribution in [1.82, 2.24) is 20.4 Å². The van der Waals surface area contributed by atoms with Gasteiger partial charge in [0.1, 0.15) is 5.70 Å². The number of Topliss-reactive ketones (excluding diaryl/α,β-unsaturated/α-hetero) is 1. The van der Waals surface area contributed by atoms with E-state index < -0.39 is 27.8 Å². The molecule has 0 unspecified atom stereocenters. The molecule has 13 heteroatoms. The summed E-state index contributed by atoms with van der Waals surface area (Å²) in [4.78, 5) is 53.7. The summed E-state index contributed by atoms with van der Waals surface area (Å²) in [7, 11) is 0.104. The van der Waals surface area contributed by atoms with Crippen LogP contribution in [0.1, 0.15) is 26.7 Å². The lowest BCUT2D eigenvalue weighted by Crippen LogP contribution is -2.62. The number of aliphatic carboxylic acids is 1. The molecule has 0 aliphatic carbocycles. The van der Waals surface area contributed by atoms with Crippen molar-refractivity contribution in [2.45, 2.75) is 50.1 Å². The maximum absolute atomic E-state index is 13.1. The van der Waals surface area contributed by atoms with E-state index in [1.807, 2.05) is 6.92 Å². The van der Waals surface area contributed by atoms with Gasteiger partial charge in [-0.25, -0.2) is 13.2 Å². The van der Waals surface area contributed by atoms with Gasteiger partial charge in [0.05, 0.1) is 35.7 Å². The van der Waals surface area contributed by atoms with E-state index in [2.05, 4.69) is 10.6 Å².